The van der Waals surface area contributed by atoms with Gasteiger partial charge in [0.15, 0.2) is 0 Å². The van der Waals surface area contributed by atoms with Crippen molar-refractivity contribution in [2.24, 2.45) is 5.92 Å². The molecule has 0 aromatic carbocycles. The number of carbonyl (C=O) groups is 1. The first-order valence-electron chi connectivity index (χ1n) is 5.98. The molecule has 11 heteroatoms. The van der Waals surface area contributed by atoms with Crippen molar-refractivity contribution >= 4 is 31.5 Å². The summed E-state index contributed by atoms with van der Waals surface area (Å²) in [5, 5.41) is 16.9. The van der Waals surface area contributed by atoms with Crippen LogP contribution in [0.5, 0.6) is 0 Å². The molecule has 0 saturated heterocycles. The van der Waals surface area contributed by atoms with Gasteiger partial charge >= 0.3 is 5.82 Å². The Morgan fingerprint density at radius 2 is 2.10 bits per heavy atom. The van der Waals surface area contributed by atoms with Crippen LogP contribution in [0.1, 0.15) is 20.8 Å². The Morgan fingerprint density at radius 3 is 2.48 bits per heavy atom. The molecule has 0 aliphatic heterocycles. The Morgan fingerprint density at radius 1 is 1.52 bits per heavy atom. The summed E-state index contributed by atoms with van der Waals surface area (Å²) in [5.41, 5.74) is 0. The number of halogens is 1. The Labute approximate surface area is 125 Å². The van der Waals surface area contributed by atoms with E-state index >= 15 is 0 Å². The van der Waals surface area contributed by atoms with Gasteiger partial charge < -0.3 is 15.4 Å². The lowest BCUT2D eigenvalue weighted by Gasteiger charge is -2.16. The second-order valence-corrected chi connectivity index (χ2v) is 7.34. The molecule has 0 bridgehead atoms. The van der Waals surface area contributed by atoms with Crippen LogP contribution in [0.15, 0.2) is 11.1 Å². The predicted octanol–water partition coefficient (Wildman–Crippen LogP) is 0.880. The summed E-state index contributed by atoms with van der Waals surface area (Å²) in [6, 6.07) is -0.0979. The first-order valence-corrected chi connectivity index (χ1v) is 8.29. The molecule has 21 heavy (non-hydrogen) atoms. The molecule has 9 nitrogen and oxygen atoms in total. The van der Waals surface area contributed by atoms with Crippen LogP contribution in [0.4, 0.5) is 5.82 Å². The fraction of sp³-hybridized carbons (Fsp3) is 0.600. The monoisotopic (exact) mass is 338 g/mol. The molecular formula is C10H15ClN4O5S. The maximum absolute atomic E-state index is 11.7. The molecule has 0 aliphatic carbocycles. The lowest BCUT2D eigenvalue weighted by molar-refractivity contribution is -0.392. The highest BCUT2D eigenvalue weighted by atomic mass is 35.7. The summed E-state index contributed by atoms with van der Waals surface area (Å²) in [4.78, 5) is 20.8. The zero-order valence-corrected chi connectivity index (χ0v) is 13.2. The van der Waals surface area contributed by atoms with Crippen molar-refractivity contribution in [1.82, 2.24) is 15.1 Å². The first kappa shape index (κ1) is 17.4. The molecule has 0 fully saturated rings. The van der Waals surface area contributed by atoms with Crippen molar-refractivity contribution in [3.63, 3.8) is 0 Å². The average Bonchev–Trinajstić information content (AvgIpc) is 2.72. The van der Waals surface area contributed by atoms with Crippen molar-refractivity contribution in [2.75, 3.05) is 0 Å². The molecule has 0 spiro atoms. The number of amides is 1. The summed E-state index contributed by atoms with van der Waals surface area (Å²) >= 11 is 0. The highest BCUT2D eigenvalue weighted by molar-refractivity contribution is 8.13. The normalized spacial score (nSPS) is 13.2. The van der Waals surface area contributed by atoms with Crippen molar-refractivity contribution in [1.29, 1.82) is 0 Å². The van der Waals surface area contributed by atoms with Gasteiger partial charge in [-0.15, -0.1) is 0 Å². The Balaban J connectivity index is 2.96. The van der Waals surface area contributed by atoms with E-state index in [1.165, 1.54) is 0 Å². The van der Waals surface area contributed by atoms with Gasteiger partial charge in [-0.25, -0.2) is 8.42 Å². The summed E-state index contributed by atoms with van der Waals surface area (Å²) < 4.78 is 23.3. The van der Waals surface area contributed by atoms with Gasteiger partial charge in [-0.2, -0.15) is 4.68 Å². The highest BCUT2D eigenvalue weighted by Crippen LogP contribution is 2.24. The van der Waals surface area contributed by atoms with Gasteiger partial charge in [-0.3, -0.25) is 4.79 Å². The molecule has 118 valence electrons. The summed E-state index contributed by atoms with van der Waals surface area (Å²) in [6.07, 6.45) is 0.861. The number of nitrogens with one attached hydrogen (secondary N) is 1. The highest BCUT2D eigenvalue weighted by Gasteiger charge is 2.30. The Bertz CT molecular complexity index is 654. The van der Waals surface area contributed by atoms with E-state index in [2.05, 4.69) is 10.4 Å². The van der Waals surface area contributed by atoms with Crippen LogP contribution in [0.2, 0.25) is 0 Å². The van der Waals surface area contributed by atoms with Gasteiger partial charge in [0.1, 0.15) is 6.54 Å². The topological polar surface area (TPSA) is 124 Å². The molecular weight excluding hydrogens is 324 g/mol. The van der Waals surface area contributed by atoms with E-state index in [-0.39, 0.29) is 18.5 Å². The van der Waals surface area contributed by atoms with E-state index in [4.69, 9.17) is 10.7 Å². The van der Waals surface area contributed by atoms with Crippen LogP contribution in [0.3, 0.4) is 0 Å². The number of carbonyl (C=O) groups excluding carboxylic acids is 1. The largest absolute Gasteiger partial charge is 0.410 e. The van der Waals surface area contributed by atoms with Gasteiger partial charge in [0, 0.05) is 16.7 Å². The number of hydrogen-bond acceptors (Lipinski definition) is 6. The molecule has 0 aliphatic rings. The summed E-state index contributed by atoms with van der Waals surface area (Å²) in [5.74, 6) is -1.14. The van der Waals surface area contributed by atoms with Crippen LogP contribution in [-0.4, -0.2) is 35.1 Å². The number of nitro groups is 1. The maximum atomic E-state index is 11.7. The third kappa shape index (κ3) is 4.67. The minimum Gasteiger partial charge on any atom is -0.358 e. The summed E-state index contributed by atoms with van der Waals surface area (Å²) in [6.45, 7) is 5.30. The molecule has 0 saturated carbocycles. The smallest absolute Gasteiger partial charge is 0.358 e. The fourth-order valence-electron chi connectivity index (χ4n) is 1.39. The maximum Gasteiger partial charge on any atom is 0.410 e. The van der Waals surface area contributed by atoms with Crippen LogP contribution in [0, 0.1) is 16.0 Å². The van der Waals surface area contributed by atoms with Gasteiger partial charge in [-0.05, 0) is 17.8 Å². The number of hydrogen-bond donors (Lipinski definition) is 1. The van der Waals surface area contributed by atoms with Crippen molar-refractivity contribution in [3.8, 4) is 0 Å². The van der Waals surface area contributed by atoms with Gasteiger partial charge in [0.2, 0.25) is 10.8 Å². The lowest BCUT2D eigenvalue weighted by Crippen LogP contribution is -2.38. The van der Waals surface area contributed by atoms with Crippen LogP contribution in [-0.2, 0) is 20.4 Å². The molecule has 1 amide bonds. The quantitative estimate of drug-likeness (QED) is 0.466. The molecule has 0 radical (unpaired) electrons. The fourth-order valence-corrected chi connectivity index (χ4v) is 2.29. The second kappa shape index (κ2) is 6.39. The van der Waals surface area contributed by atoms with Crippen LogP contribution < -0.4 is 5.32 Å². The molecule has 1 aromatic rings. The Kier molecular flexibility index (Phi) is 5.29. The van der Waals surface area contributed by atoms with E-state index < -0.39 is 30.6 Å². The minimum atomic E-state index is -4.31. The molecule has 1 N–H and O–H groups in total. The number of aromatic nitrogens is 2. The SMILES string of the molecule is CC(C)C(C)NC(=O)Cn1cc(S(=O)(=O)Cl)c([N+](=O)[O-])n1. The number of nitrogens with zero attached hydrogens (tertiary/aromatic N) is 3. The molecule has 1 atom stereocenters. The number of rotatable bonds is 6. The standard InChI is InChI=1S/C10H15ClN4O5S/c1-6(2)7(3)12-9(16)5-14-4-8(21(11,19)20)10(13-14)15(17)18/h4,6-7H,5H2,1-3H3,(H,12,16). The van der Waals surface area contributed by atoms with Gasteiger partial charge in [0.25, 0.3) is 9.05 Å². The van der Waals surface area contributed by atoms with E-state index in [0.717, 1.165) is 10.9 Å². The van der Waals surface area contributed by atoms with Crippen molar-refractivity contribution in [3.05, 3.63) is 16.3 Å². The average molecular weight is 339 g/mol. The van der Waals surface area contributed by atoms with Crippen LogP contribution in [0.25, 0.3) is 0 Å². The van der Waals surface area contributed by atoms with Crippen molar-refractivity contribution < 1.29 is 18.1 Å². The molecule has 1 rings (SSSR count). The third-order valence-corrected chi connectivity index (χ3v) is 4.15. The summed E-state index contributed by atoms with van der Waals surface area (Å²) in [7, 11) is 0.783. The lowest BCUT2D eigenvalue weighted by atomic mass is 10.1. The zero-order valence-electron chi connectivity index (χ0n) is 11.6. The zero-order chi connectivity index (χ0) is 16.4. The van der Waals surface area contributed by atoms with Crippen LogP contribution >= 0.6 is 10.7 Å². The first-order chi connectivity index (χ1) is 9.52. The second-order valence-electron chi connectivity index (χ2n) is 4.81. The van der Waals surface area contributed by atoms with Crippen molar-refractivity contribution in [2.45, 2.75) is 38.3 Å². The van der Waals surface area contributed by atoms with E-state index in [1.54, 1.807) is 0 Å². The Hall–Kier alpha value is -1.68. The van der Waals surface area contributed by atoms with E-state index in [0.29, 0.717) is 0 Å². The van der Waals surface area contributed by atoms with E-state index in [1.807, 2.05) is 20.8 Å². The molecule has 1 aromatic heterocycles. The minimum absolute atomic E-state index is 0.0979. The van der Waals surface area contributed by atoms with Gasteiger partial charge in [0.05, 0.1) is 11.3 Å². The predicted molar refractivity (Wildman–Crippen MR) is 74.4 cm³/mol. The van der Waals surface area contributed by atoms with Gasteiger partial charge in [-0.1, -0.05) is 13.8 Å². The van der Waals surface area contributed by atoms with E-state index in [9.17, 15) is 23.3 Å². The molecule has 1 unspecified atom stereocenters. The molecule has 1 heterocycles. The third-order valence-electron chi connectivity index (χ3n) is 2.84.